The minimum Gasteiger partial charge on any atom is -0.457 e. The molecule has 1 aromatic heterocycles. The van der Waals surface area contributed by atoms with Crippen molar-refractivity contribution in [2.24, 2.45) is 0 Å². The van der Waals surface area contributed by atoms with Crippen LogP contribution in [0.5, 0.6) is 23.0 Å². The predicted octanol–water partition coefficient (Wildman–Crippen LogP) is 11.4. The highest BCUT2D eigenvalue weighted by Crippen LogP contribution is 2.40. The van der Waals surface area contributed by atoms with Crippen LogP contribution in [0.3, 0.4) is 0 Å². The molecule has 0 saturated heterocycles. The third-order valence-electron chi connectivity index (χ3n) is 8.42. The molecule has 7 aromatic rings. The zero-order valence-corrected chi connectivity index (χ0v) is 28.0. The minimum atomic E-state index is 0.723. The van der Waals surface area contributed by atoms with E-state index in [9.17, 15) is 0 Å². The van der Waals surface area contributed by atoms with Gasteiger partial charge < -0.3 is 14.4 Å². The van der Waals surface area contributed by atoms with E-state index in [1.807, 2.05) is 126 Å². The lowest BCUT2D eigenvalue weighted by molar-refractivity contribution is -0.429. The van der Waals surface area contributed by atoms with Crippen LogP contribution in [0.25, 0.3) is 22.4 Å². The number of anilines is 3. The van der Waals surface area contributed by atoms with Gasteiger partial charge in [0, 0.05) is 35.3 Å². The van der Waals surface area contributed by atoms with Crippen LogP contribution in [0.1, 0.15) is 0 Å². The number of rotatable bonds is 10. The van der Waals surface area contributed by atoms with E-state index in [2.05, 4.69) is 89.8 Å². The first-order valence-electron chi connectivity index (χ1n) is 16.7. The molecule has 2 heterocycles. The van der Waals surface area contributed by atoms with E-state index in [4.69, 9.17) is 14.5 Å². The molecule has 6 aromatic carbocycles. The van der Waals surface area contributed by atoms with Gasteiger partial charge in [0.2, 0.25) is 11.9 Å². The molecule has 0 N–H and O–H groups in total. The van der Waals surface area contributed by atoms with E-state index in [1.165, 1.54) is 0 Å². The Hall–Kier alpha value is -7.01. The second-order valence-corrected chi connectivity index (χ2v) is 12.1. The van der Waals surface area contributed by atoms with Crippen LogP contribution in [0.4, 0.5) is 22.7 Å². The molecule has 0 radical (unpaired) electrons. The molecule has 0 unspecified atom stereocenters. The quantitative estimate of drug-likeness (QED) is 0.137. The number of hydrogen-bond acceptors (Lipinski definition) is 4. The maximum atomic E-state index is 6.46. The molecule has 0 bridgehead atoms. The summed E-state index contributed by atoms with van der Waals surface area (Å²) in [6, 6.07) is 60.4. The minimum absolute atomic E-state index is 0.723. The summed E-state index contributed by atoms with van der Waals surface area (Å²) in [6.07, 6.45) is 5.77. The maximum absolute atomic E-state index is 6.46. The molecular formula is C45H34N4O2+2. The lowest BCUT2D eigenvalue weighted by Gasteiger charge is -2.26. The molecule has 0 fully saturated rings. The Morgan fingerprint density at radius 3 is 1.82 bits per heavy atom. The highest BCUT2D eigenvalue weighted by molar-refractivity contribution is 5.82. The van der Waals surface area contributed by atoms with Gasteiger partial charge in [-0.3, -0.25) is 4.98 Å². The van der Waals surface area contributed by atoms with Crippen molar-refractivity contribution in [3.05, 3.63) is 188 Å². The number of para-hydroxylation sites is 3. The summed E-state index contributed by atoms with van der Waals surface area (Å²) < 4.78 is 16.6. The molecule has 244 valence electrons. The molecule has 1 aliphatic heterocycles. The van der Waals surface area contributed by atoms with Crippen LogP contribution in [0.15, 0.2) is 188 Å². The van der Waals surface area contributed by atoms with Gasteiger partial charge in [-0.1, -0.05) is 81.9 Å². The smallest absolute Gasteiger partial charge is 0.457 e. The van der Waals surface area contributed by atoms with E-state index in [-0.39, 0.29) is 0 Å². The summed E-state index contributed by atoms with van der Waals surface area (Å²) in [6.45, 7) is 0. The predicted molar refractivity (Wildman–Crippen MR) is 203 cm³/mol. The van der Waals surface area contributed by atoms with Gasteiger partial charge in [-0.2, -0.15) is 0 Å². The highest BCUT2D eigenvalue weighted by atomic mass is 16.5. The maximum Gasteiger partial charge on any atom is 0.495 e. The summed E-state index contributed by atoms with van der Waals surface area (Å²) in [5, 5.41) is 0. The van der Waals surface area contributed by atoms with E-state index in [0.29, 0.717) is 0 Å². The lowest BCUT2D eigenvalue weighted by Crippen LogP contribution is -2.10. The molecule has 51 heavy (non-hydrogen) atoms. The Morgan fingerprint density at radius 1 is 0.490 bits per heavy atom. The fourth-order valence-corrected chi connectivity index (χ4v) is 6.03. The van der Waals surface area contributed by atoms with E-state index in [1.54, 1.807) is 0 Å². The van der Waals surface area contributed by atoms with Crippen molar-refractivity contribution in [2.75, 3.05) is 11.9 Å². The fourth-order valence-electron chi connectivity index (χ4n) is 6.03. The molecule has 0 saturated carbocycles. The van der Waals surface area contributed by atoms with Crippen LogP contribution in [-0.2, 0) is 0 Å². The molecule has 0 amide bonds. The Kier molecular flexibility index (Phi) is 8.72. The molecular weight excluding hydrogens is 629 g/mol. The number of ether oxygens (including phenoxy) is 2. The van der Waals surface area contributed by atoms with Gasteiger partial charge in [0.05, 0.1) is 17.4 Å². The van der Waals surface area contributed by atoms with E-state index >= 15 is 0 Å². The molecule has 6 heteroatoms. The number of hydrogen-bond donors (Lipinski definition) is 0. The zero-order valence-electron chi connectivity index (χ0n) is 28.0. The molecule has 0 spiro atoms. The van der Waals surface area contributed by atoms with Gasteiger partial charge >= 0.3 is 6.01 Å². The van der Waals surface area contributed by atoms with Crippen molar-refractivity contribution < 1.29 is 18.6 Å². The second-order valence-electron chi connectivity index (χ2n) is 12.1. The largest absolute Gasteiger partial charge is 0.495 e. The monoisotopic (exact) mass is 662 g/mol. The van der Waals surface area contributed by atoms with Crippen molar-refractivity contribution in [1.29, 1.82) is 0 Å². The standard InChI is InChI=1S/C45H34N4O2/c1-47-25-26-48(33-47)39-18-12-22-43(31-39)51-42-21-11-13-35(28-42)45-30-34(23-24-46-45)36-27-40(32-44(29-36)50-41-19-9-4-10-20-41)49(37-14-5-2-6-15-37)38-16-7-3-8-17-38/h2-32H,1H3/q+2. The Balaban J connectivity index is 1.16. The number of benzene rings is 6. The summed E-state index contributed by atoms with van der Waals surface area (Å²) in [5.41, 5.74) is 7.82. The molecule has 1 aliphatic rings. The van der Waals surface area contributed by atoms with E-state index in [0.717, 1.165) is 68.1 Å². The van der Waals surface area contributed by atoms with Crippen LogP contribution in [0, 0.1) is 0 Å². The molecule has 0 atom stereocenters. The van der Waals surface area contributed by atoms with Gasteiger partial charge in [0.25, 0.3) is 6.20 Å². The summed E-state index contributed by atoms with van der Waals surface area (Å²) in [7, 11) is 1.95. The van der Waals surface area contributed by atoms with Gasteiger partial charge in [0.15, 0.2) is 7.05 Å². The van der Waals surface area contributed by atoms with Crippen molar-refractivity contribution in [2.45, 2.75) is 0 Å². The third-order valence-corrected chi connectivity index (χ3v) is 8.42. The summed E-state index contributed by atoms with van der Waals surface area (Å²) >= 11 is 0. The molecule has 8 rings (SSSR count). The van der Waals surface area contributed by atoms with Gasteiger partial charge in [0.1, 0.15) is 23.0 Å². The van der Waals surface area contributed by atoms with Crippen molar-refractivity contribution >= 4 is 28.8 Å². The van der Waals surface area contributed by atoms with Crippen LogP contribution >= 0.6 is 0 Å². The fraction of sp³-hybridized carbons (Fsp3) is 0.0222. The van der Waals surface area contributed by atoms with Gasteiger partial charge in [-0.25, -0.2) is 0 Å². The third kappa shape index (κ3) is 7.22. The van der Waals surface area contributed by atoms with Crippen LogP contribution < -0.4 is 14.4 Å². The first-order chi connectivity index (χ1) is 25.1. The van der Waals surface area contributed by atoms with Crippen LogP contribution in [-0.4, -0.2) is 27.2 Å². The van der Waals surface area contributed by atoms with Crippen LogP contribution in [0.2, 0.25) is 0 Å². The number of pyridine rings is 1. The Bertz CT molecular complexity index is 2380. The van der Waals surface area contributed by atoms with Gasteiger partial charge in [-0.15, -0.1) is 0 Å². The van der Waals surface area contributed by atoms with Crippen molar-refractivity contribution in [3.63, 3.8) is 0 Å². The first kappa shape index (κ1) is 31.3. The lowest BCUT2D eigenvalue weighted by atomic mass is 10.0. The second kappa shape index (κ2) is 14.2. The van der Waals surface area contributed by atoms with Crippen molar-refractivity contribution in [1.82, 2.24) is 4.98 Å². The average molecular weight is 663 g/mol. The Morgan fingerprint density at radius 2 is 1.12 bits per heavy atom. The summed E-state index contributed by atoms with van der Waals surface area (Å²) in [5.74, 6) is 2.96. The molecule has 0 aliphatic carbocycles. The van der Waals surface area contributed by atoms with E-state index < -0.39 is 0 Å². The number of nitrogens with zero attached hydrogens (tertiary/aromatic N) is 4. The Labute approximate surface area is 297 Å². The molecule has 6 nitrogen and oxygen atoms in total. The highest BCUT2D eigenvalue weighted by Gasteiger charge is 2.18. The topological polar surface area (TPSA) is 40.6 Å². The zero-order chi connectivity index (χ0) is 34.4. The number of aromatic nitrogens is 1. The summed E-state index contributed by atoms with van der Waals surface area (Å²) in [4.78, 5) is 7.02. The van der Waals surface area contributed by atoms with Gasteiger partial charge in [-0.05, 0) is 90.0 Å². The normalized spacial score (nSPS) is 11.9. The first-order valence-corrected chi connectivity index (χ1v) is 16.7. The average Bonchev–Trinajstić information content (AvgIpc) is 3.63. The SMILES string of the molecule is C[N+]1=C=[N+](c2cccc(Oc3cccc(-c4cc(-c5cc(Oc6ccccc6)cc(N(c6ccccc6)c6ccccc6)c5)ccn4)c3)c2)C=C1. The van der Waals surface area contributed by atoms with Crippen molar-refractivity contribution in [3.8, 4) is 45.4 Å².